The second kappa shape index (κ2) is 8.51. The van der Waals surface area contributed by atoms with E-state index < -0.39 is 41.3 Å². The van der Waals surface area contributed by atoms with Gasteiger partial charge in [0.05, 0.1) is 41.8 Å². The molecular formula is C22H26N4O7S. The molecule has 12 heteroatoms. The van der Waals surface area contributed by atoms with Crippen LogP contribution in [0.5, 0.6) is 0 Å². The van der Waals surface area contributed by atoms with Gasteiger partial charge < -0.3 is 25.2 Å². The number of aliphatic hydroxyl groups excluding tert-OH is 1. The average molecular weight is 491 g/mol. The van der Waals surface area contributed by atoms with Gasteiger partial charge in [-0.2, -0.15) is 0 Å². The smallest absolute Gasteiger partial charge is 0.352 e. The first-order valence-corrected chi connectivity index (χ1v) is 11.6. The number of nitrogens with one attached hydrogen (secondary N) is 1. The molecule has 2 amide bonds. The van der Waals surface area contributed by atoms with Crippen molar-refractivity contribution in [2.45, 2.75) is 52.8 Å². The van der Waals surface area contributed by atoms with Gasteiger partial charge in [-0.1, -0.05) is 6.92 Å². The zero-order valence-corrected chi connectivity index (χ0v) is 20.0. The van der Waals surface area contributed by atoms with E-state index in [0.717, 1.165) is 4.83 Å². The molecule has 1 saturated heterocycles. The highest BCUT2D eigenvalue weighted by Crippen LogP contribution is 2.59. The van der Waals surface area contributed by atoms with E-state index in [0.29, 0.717) is 16.1 Å². The van der Waals surface area contributed by atoms with Crippen LogP contribution in [-0.2, 0) is 30.5 Å². The summed E-state index contributed by atoms with van der Waals surface area (Å²) in [6.07, 6.45) is 2.63. The number of carbonyl (C=O) groups is 4. The van der Waals surface area contributed by atoms with Gasteiger partial charge in [0.15, 0.2) is 0 Å². The molecule has 1 fully saturated rings. The molecule has 0 radical (unpaired) electrons. The Hall–Kier alpha value is -3.25. The van der Waals surface area contributed by atoms with Crippen LogP contribution in [0.25, 0.3) is 10.4 Å². The summed E-state index contributed by atoms with van der Waals surface area (Å²) in [5, 5.41) is 23.1. The number of aliphatic hydroxyl groups is 1. The van der Waals surface area contributed by atoms with Crippen molar-refractivity contribution in [2.24, 2.45) is 11.3 Å². The van der Waals surface area contributed by atoms with Crippen LogP contribution in [0.1, 0.15) is 44.7 Å². The maximum Gasteiger partial charge on any atom is 0.352 e. The number of carbonyl (C=O) groups excluding carboxylic acids is 3. The third-order valence-corrected chi connectivity index (χ3v) is 7.69. The first-order chi connectivity index (χ1) is 16.0. The van der Waals surface area contributed by atoms with E-state index in [1.165, 1.54) is 37.0 Å². The molecule has 4 heterocycles. The van der Waals surface area contributed by atoms with Gasteiger partial charge in [0, 0.05) is 31.0 Å². The molecule has 11 nitrogen and oxygen atoms in total. The third kappa shape index (κ3) is 3.66. The number of fused-ring (bicyclic) bond motifs is 2. The van der Waals surface area contributed by atoms with Crippen LogP contribution in [0.2, 0.25) is 0 Å². The molecule has 0 saturated carbocycles. The first-order valence-electron chi connectivity index (χ1n) is 10.8. The standard InChI is InChI=1S/C22H26N4O7S/c1-10(27)15-18-22(4,5-6-33-12(3)29)16(17(21(31)32)26(18)19(15)30)14-8-25-9-24-13(20(25)34-14)7-23-11(2)28/h8-10,15,18,27H,5-7H2,1-4H3,(H,23,28)(H,31,32)/t10?,15-,18-,22+/m1/s1. The van der Waals surface area contributed by atoms with E-state index in [4.69, 9.17) is 4.74 Å². The van der Waals surface area contributed by atoms with Crippen LogP contribution in [-0.4, -0.2) is 67.0 Å². The number of aliphatic carboxylic acids is 1. The van der Waals surface area contributed by atoms with E-state index in [1.54, 1.807) is 16.9 Å². The lowest BCUT2D eigenvalue weighted by atomic mass is 9.66. The molecule has 1 unspecified atom stereocenters. The van der Waals surface area contributed by atoms with Crippen molar-refractivity contribution in [1.82, 2.24) is 19.6 Å². The van der Waals surface area contributed by atoms with Gasteiger partial charge in [0.1, 0.15) is 16.9 Å². The quantitative estimate of drug-likeness (QED) is 0.366. The van der Waals surface area contributed by atoms with Crippen molar-refractivity contribution < 1.29 is 34.1 Å². The van der Waals surface area contributed by atoms with Gasteiger partial charge in [0.25, 0.3) is 0 Å². The lowest BCUT2D eigenvalue weighted by molar-refractivity contribution is -0.167. The number of thiazole rings is 1. The second-order valence-corrected chi connectivity index (χ2v) is 9.90. The van der Waals surface area contributed by atoms with Crippen molar-refractivity contribution in [3.05, 3.63) is 28.8 Å². The predicted molar refractivity (Wildman–Crippen MR) is 120 cm³/mol. The second-order valence-electron chi connectivity index (χ2n) is 8.86. The summed E-state index contributed by atoms with van der Waals surface area (Å²) >= 11 is 1.31. The maximum atomic E-state index is 12.9. The lowest BCUT2D eigenvalue weighted by Gasteiger charge is -2.50. The van der Waals surface area contributed by atoms with Crippen molar-refractivity contribution in [3.8, 4) is 0 Å². The Bertz CT molecular complexity index is 1230. The number of carboxylic acid groups (broad SMARTS) is 1. The molecule has 3 N–H and O–H groups in total. The van der Waals surface area contributed by atoms with E-state index in [-0.39, 0.29) is 31.2 Å². The minimum atomic E-state index is -1.25. The molecule has 0 bridgehead atoms. The fraction of sp³-hybridized carbons (Fsp3) is 0.500. The number of β-lactam (4-membered cyclic amide) rings is 1. The van der Waals surface area contributed by atoms with Crippen LogP contribution in [0, 0.1) is 11.3 Å². The summed E-state index contributed by atoms with van der Waals surface area (Å²) in [5.41, 5.74) is 0.0583. The number of aromatic nitrogens is 2. The number of rotatable bonds is 8. The van der Waals surface area contributed by atoms with Gasteiger partial charge in [0.2, 0.25) is 11.8 Å². The van der Waals surface area contributed by atoms with Crippen molar-refractivity contribution >= 4 is 45.5 Å². The zero-order valence-electron chi connectivity index (χ0n) is 19.2. The molecule has 4 rings (SSSR count). The van der Waals surface area contributed by atoms with E-state index in [2.05, 4.69) is 10.3 Å². The van der Waals surface area contributed by atoms with Crippen LogP contribution < -0.4 is 5.32 Å². The molecule has 0 spiro atoms. The largest absolute Gasteiger partial charge is 0.477 e. The minimum absolute atomic E-state index is 0.0346. The molecule has 34 heavy (non-hydrogen) atoms. The average Bonchev–Trinajstić information content (AvgIpc) is 3.35. The molecule has 0 aromatic carbocycles. The van der Waals surface area contributed by atoms with Crippen LogP contribution in [0.3, 0.4) is 0 Å². The highest BCUT2D eigenvalue weighted by atomic mass is 32.1. The van der Waals surface area contributed by atoms with E-state index in [9.17, 15) is 29.4 Å². The molecule has 2 aromatic rings. The maximum absolute atomic E-state index is 12.9. The highest BCUT2D eigenvalue weighted by molar-refractivity contribution is 7.18. The predicted octanol–water partition coefficient (Wildman–Crippen LogP) is 1.01. The number of ether oxygens (including phenoxy) is 1. The summed E-state index contributed by atoms with van der Waals surface area (Å²) in [7, 11) is 0. The molecule has 2 aliphatic rings. The van der Waals surface area contributed by atoms with E-state index in [1.807, 2.05) is 6.92 Å². The highest BCUT2D eigenvalue weighted by Gasteiger charge is 2.66. The van der Waals surface area contributed by atoms with Gasteiger partial charge in [-0.25, -0.2) is 9.78 Å². The topological polar surface area (TPSA) is 151 Å². The summed E-state index contributed by atoms with van der Waals surface area (Å²) < 4.78 is 6.92. The fourth-order valence-corrected chi connectivity index (χ4v) is 6.29. The Morgan fingerprint density at radius 3 is 2.65 bits per heavy atom. The molecule has 2 aromatic heterocycles. The third-order valence-electron chi connectivity index (χ3n) is 6.53. The minimum Gasteiger partial charge on any atom is -0.477 e. The number of hydrogen-bond donors (Lipinski definition) is 3. The SMILES string of the molecule is CC(=O)NCc1ncn2cc(C3=C(C(=O)O)N4C(=O)[C@H](C(C)O)[C@@H]4[C@@]3(C)CCOC(C)=O)sc12. The fourth-order valence-electron chi connectivity index (χ4n) is 5.03. The molecule has 182 valence electrons. The van der Waals surface area contributed by atoms with Crippen molar-refractivity contribution in [1.29, 1.82) is 0 Å². The molecular weight excluding hydrogens is 464 g/mol. The number of imidazole rings is 1. The van der Waals surface area contributed by atoms with E-state index >= 15 is 0 Å². The van der Waals surface area contributed by atoms with Crippen LogP contribution in [0.15, 0.2) is 18.2 Å². The Morgan fingerprint density at radius 2 is 2.06 bits per heavy atom. The Labute approximate surface area is 199 Å². The zero-order chi connectivity index (χ0) is 24.9. The molecule has 0 aliphatic carbocycles. The summed E-state index contributed by atoms with van der Waals surface area (Å²) in [6.45, 7) is 6.31. The van der Waals surface area contributed by atoms with Gasteiger partial charge in [-0.15, -0.1) is 11.3 Å². The molecule has 4 atom stereocenters. The number of nitrogens with zero attached hydrogens (tertiary/aromatic N) is 3. The number of esters is 1. The number of amides is 2. The molecule has 2 aliphatic heterocycles. The summed E-state index contributed by atoms with van der Waals surface area (Å²) in [5.74, 6) is -3.12. The monoisotopic (exact) mass is 490 g/mol. The Balaban J connectivity index is 1.83. The van der Waals surface area contributed by atoms with Crippen molar-refractivity contribution in [2.75, 3.05) is 6.61 Å². The Kier molecular flexibility index (Phi) is 5.98. The van der Waals surface area contributed by atoms with Crippen LogP contribution >= 0.6 is 11.3 Å². The van der Waals surface area contributed by atoms with Gasteiger partial charge in [-0.3, -0.25) is 18.8 Å². The number of hydrogen-bond acceptors (Lipinski definition) is 8. The van der Waals surface area contributed by atoms with Crippen molar-refractivity contribution in [3.63, 3.8) is 0 Å². The number of carboxylic acids is 1. The lowest BCUT2D eigenvalue weighted by Crippen LogP contribution is -2.66. The summed E-state index contributed by atoms with van der Waals surface area (Å²) in [4.78, 5) is 54.9. The summed E-state index contributed by atoms with van der Waals surface area (Å²) in [6, 6.07) is -0.588. The normalized spacial score (nSPS) is 24.7. The Morgan fingerprint density at radius 1 is 1.35 bits per heavy atom. The van der Waals surface area contributed by atoms with Gasteiger partial charge >= 0.3 is 11.9 Å². The van der Waals surface area contributed by atoms with Gasteiger partial charge in [-0.05, 0) is 13.3 Å². The van der Waals surface area contributed by atoms with Crippen LogP contribution in [0.4, 0.5) is 0 Å². The first kappa shape index (κ1) is 23.9.